The number of benzene rings is 2. The number of nitrogens with zero attached hydrogens (tertiary/aromatic N) is 4. The van der Waals surface area contributed by atoms with Gasteiger partial charge in [0.1, 0.15) is 11.6 Å². The summed E-state index contributed by atoms with van der Waals surface area (Å²) >= 11 is 0. The predicted molar refractivity (Wildman–Crippen MR) is 122 cm³/mol. The molecule has 33 heavy (non-hydrogen) atoms. The zero-order chi connectivity index (χ0) is 23.6. The van der Waals surface area contributed by atoms with Gasteiger partial charge in [-0.15, -0.1) is 0 Å². The quantitative estimate of drug-likeness (QED) is 0.405. The van der Waals surface area contributed by atoms with Gasteiger partial charge in [0.15, 0.2) is 0 Å². The van der Waals surface area contributed by atoms with E-state index in [1.165, 1.54) is 6.07 Å². The number of halogens is 2. The van der Waals surface area contributed by atoms with E-state index in [9.17, 15) is 13.9 Å². The fourth-order valence-electron chi connectivity index (χ4n) is 3.50. The van der Waals surface area contributed by atoms with Crippen LogP contribution in [0.25, 0.3) is 22.2 Å². The highest BCUT2D eigenvalue weighted by Crippen LogP contribution is 2.28. The molecule has 0 spiro atoms. The van der Waals surface area contributed by atoms with Gasteiger partial charge in [0, 0.05) is 30.1 Å². The van der Waals surface area contributed by atoms with Crippen LogP contribution >= 0.6 is 0 Å². The molecule has 2 N–H and O–H groups in total. The third kappa shape index (κ3) is 5.43. The van der Waals surface area contributed by atoms with Crippen LogP contribution in [0, 0.1) is 6.92 Å². The molecule has 0 saturated heterocycles. The van der Waals surface area contributed by atoms with Crippen LogP contribution in [0.15, 0.2) is 54.9 Å². The van der Waals surface area contributed by atoms with E-state index in [1.54, 1.807) is 44.4 Å². The maximum Gasteiger partial charge on any atom is 0.387 e. The molecule has 0 bridgehead atoms. The largest absolute Gasteiger partial charge is 0.434 e. The number of nitrogens with one attached hydrogen (secondary N) is 1. The molecule has 0 saturated carbocycles. The third-order valence-corrected chi connectivity index (χ3v) is 5.12. The zero-order valence-electron chi connectivity index (χ0n) is 18.6. The van der Waals surface area contributed by atoms with Crippen molar-refractivity contribution in [3.63, 3.8) is 0 Å². The number of hydrogen-bond acceptors (Lipinski definition) is 6. The smallest absolute Gasteiger partial charge is 0.387 e. The van der Waals surface area contributed by atoms with Gasteiger partial charge in [0.05, 0.1) is 23.2 Å². The number of aromatic nitrogens is 4. The van der Waals surface area contributed by atoms with E-state index in [0.29, 0.717) is 24.6 Å². The molecular formula is C24H25F2N5O2. The van der Waals surface area contributed by atoms with E-state index >= 15 is 0 Å². The highest BCUT2D eigenvalue weighted by atomic mass is 19.3. The van der Waals surface area contributed by atoms with E-state index in [4.69, 9.17) is 0 Å². The van der Waals surface area contributed by atoms with E-state index in [1.807, 2.05) is 29.7 Å². The molecule has 0 atom stereocenters. The summed E-state index contributed by atoms with van der Waals surface area (Å²) in [6, 6.07) is 12.6. The van der Waals surface area contributed by atoms with Crippen molar-refractivity contribution in [2.45, 2.75) is 39.5 Å². The number of rotatable bonds is 8. The zero-order valence-corrected chi connectivity index (χ0v) is 18.6. The predicted octanol–water partition coefficient (Wildman–Crippen LogP) is 4.63. The topological polar surface area (TPSA) is 85.1 Å². The van der Waals surface area contributed by atoms with Crippen molar-refractivity contribution in [2.75, 3.05) is 11.9 Å². The van der Waals surface area contributed by atoms with Crippen molar-refractivity contribution in [3.05, 3.63) is 66.2 Å². The highest BCUT2D eigenvalue weighted by molar-refractivity contribution is 5.82. The normalized spacial score (nSPS) is 11.8. The van der Waals surface area contributed by atoms with Crippen LogP contribution in [0.1, 0.15) is 25.2 Å². The molecule has 0 unspecified atom stereocenters. The number of alkyl halides is 2. The summed E-state index contributed by atoms with van der Waals surface area (Å²) in [6.45, 7) is 3.06. The SMILES string of the molecule is Cc1nc2ccc(-c3cnc(NCC(C)(C)O)nc3)cc2n1Cc1ccccc1OC(F)F. The first-order chi connectivity index (χ1) is 15.7. The van der Waals surface area contributed by atoms with E-state index < -0.39 is 12.2 Å². The van der Waals surface area contributed by atoms with Gasteiger partial charge in [-0.3, -0.25) is 0 Å². The van der Waals surface area contributed by atoms with Crippen LogP contribution in [0.5, 0.6) is 5.75 Å². The summed E-state index contributed by atoms with van der Waals surface area (Å²) in [5.74, 6) is 1.34. The fourth-order valence-corrected chi connectivity index (χ4v) is 3.50. The molecule has 2 aromatic heterocycles. The van der Waals surface area contributed by atoms with Gasteiger partial charge in [-0.1, -0.05) is 24.3 Å². The molecule has 0 aliphatic heterocycles. The lowest BCUT2D eigenvalue weighted by molar-refractivity contribution is -0.0504. The lowest BCUT2D eigenvalue weighted by Gasteiger charge is -2.17. The molecule has 7 nitrogen and oxygen atoms in total. The number of para-hydroxylation sites is 1. The van der Waals surface area contributed by atoms with Crippen molar-refractivity contribution in [2.24, 2.45) is 0 Å². The molecule has 2 heterocycles. The second-order valence-corrected chi connectivity index (χ2v) is 8.40. The molecule has 9 heteroatoms. The average molecular weight is 453 g/mol. The molecule has 0 aliphatic rings. The molecule has 172 valence electrons. The minimum absolute atomic E-state index is 0.146. The number of fused-ring (bicyclic) bond motifs is 1. The maximum absolute atomic E-state index is 12.8. The van der Waals surface area contributed by atoms with Crippen molar-refractivity contribution in [1.82, 2.24) is 19.5 Å². The lowest BCUT2D eigenvalue weighted by Crippen LogP contribution is -2.29. The van der Waals surface area contributed by atoms with Crippen LogP contribution in [0.3, 0.4) is 0 Å². The van der Waals surface area contributed by atoms with Gasteiger partial charge in [-0.05, 0) is 44.5 Å². The van der Waals surface area contributed by atoms with Crippen molar-refractivity contribution < 1.29 is 18.6 Å². The molecule has 4 aromatic rings. The Labute approximate surface area is 190 Å². The van der Waals surface area contributed by atoms with E-state index in [0.717, 1.165) is 28.0 Å². The van der Waals surface area contributed by atoms with Crippen molar-refractivity contribution in [3.8, 4) is 16.9 Å². The summed E-state index contributed by atoms with van der Waals surface area (Å²) in [4.78, 5) is 13.3. The monoisotopic (exact) mass is 453 g/mol. The average Bonchev–Trinajstić information content (AvgIpc) is 3.07. The molecule has 0 fully saturated rings. The summed E-state index contributed by atoms with van der Waals surface area (Å²) in [5.41, 5.74) is 3.14. The minimum atomic E-state index is -2.89. The van der Waals surface area contributed by atoms with Crippen LogP contribution in [-0.4, -0.2) is 43.4 Å². The fraction of sp³-hybridized carbons (Fsp3) is 0.292. The lowest BCUT2D eigenvalue weighted by atomic mass is 10.1. The Morgan fingerprint density at radius 1 is 1.09 bits per heavy atom. The molecule has 0 aliphatic carbocycles. The second-order valence-electron chi connectivity index (χ2n) is 8.40. The molecule has 0 amide bonds. The Bertz CT molecular complexity index is 1250. The maximum atomic E-state index is 12.8. The number of hydrogen-bond donors (Lipinski definition) is 2. The van der Waals surface area contributed by atoms with Gasteiger partial charge in [-0.2, -0.15) is 8.78 Å². The standard InChI is InChI=1S/C24H25F2N5O2/c1-15-30-19-9-8-16(18-11-27-23(28-12-18)29-14-24(2,3)32)10-20(19)31(15)13-17-6-4-5-7-21(17)33-22(25)26/h4-12,22,32H,13-14H2,1-3H3,(H,27,28,29). The van der Waals surface area contributed by atoms with Crippen LogP contribution < -0.4 is 10.1 Å². The van der Waals surface area contributed by atoms with Crippen molar-refractivity contribution >= 4 is 17.0 Å². The number of imidazole rings is 1. The number of aryl methyl sites for hydroxylation is 1. The third-order valence-electron chi connectivity index (χ3n) is 5.12. The van der Waals surface area contributed by atoms with Crippen LogP contribution in [0.2, 0.25) is 0 Å². The first kappa shape index (κ1) is 22.6. The Morgan fingerprint density at radius 3 is 2.52 bits per heavy atom. The van der Waals surface area contributed by atoms with Gasteiger partial charge >= 0.3 is 6.61 Å². The van der Waals surface area contributed by atoms with Crippen molar-refractivity contribution in [1.29, 1.82) is 0 Å². The van der Waals surface area contributed by atoms with E-state index in [2.05, 4.69) is 25.0 Å². The number of ether oxygens (including phenoxy) is 1. The Balaban J connectivity index is 1.63. The number of aliphatic hydroxyl groups is 1. The van der Waals surface area contributed by atoms with Gasteiger partial charge in [-0.25, -0.2) is 15.0 Å². The first-order valence-corrected chi connectivity index (χ1v) is 10.5. The summed E-state index contributed by atoms with van der Waals surface area (Å²) in [6.07, 6.45) is 3.42. The second kappa shape index (κ2) is 9.11. The molecule has 2 aromatic carbocycles. The van der Waals surface area contributed by atoms with Gasteiger partial charge in [0.25, 0.3) is 0 Å². The number of anilines is 1. The van der Waals surface area contributed by atoms with Gasteiger partial charge in [0.2, 0.25) is 5.95 Å². The van der Waals surface area contributed by atoms with E-state index in [-0.39, 0.29) is 5.75 Å². The molecule has 0 radical (unpaired) electrons. The minimum Gasteiger partial charge on any atom is -0.434 e. The van der Waals surface area contributed by atoms with Gasteiger partial charge < -0.3 is 19.7 Å². The van der Waals surface area contributed by atoms with Crippen LogP contribution in [-0.2, 0) is 6.54 Å². The Morgan fingerprint density at radius 2 is 1.82 bits per heavy atom. The van der Waals surface area contributed by atoms with Crippen LogP contribution in [0.4, 0.5) is 14.7 Å². The summed E-state index contributed by atoms with van der Waals surface area (Å²) in [5, 5.41) is 12.8. The highest BCUT2D eigenvalue weighted by Gasteiger charge is 2.15. The molecular weight excluding hydrogens is 428 g/mol. The summed E-state index contributed by atoms with van der Waals surface area (Å²) in [7, 11) is 0. The summed E-state index contributed by atoms with van der Waals surface area (Å²) < 4.78 is 32.3. The first-order valence-electron chi connectivity index (χ1n) is 10.5. The molecule has 4 rings (SSSR count). The Hall–Kier alpha value is -3.59. The Kier molecular flexibility index (Phi) is 6.24.